The lowest BCUT2D eigenvalue weighted by Gasteiger charge is -2.26. The largest absolute Gasteiger partial charge is 0.405 e. The fraction of sp³-hybridized carbons (Fsp3) is 0.545. The first kappa shape index (κ1) is 15.6. The monoisotopic (exact) mass is 344 g/mol. The highest BCUT2D eigenvalue weighted by Gasteiger charge is 2.31. The van der Waals surface area contributed by atoms with Crippen LogP contribution < -0.4 is 4.90 Å². The van der Waals surface area contributed by atoms with Gasteiger partial charge in [0.15, 0.2) is 0 Å². The summed E-state index contributed by atoms with van der Waals surface area (Å²) >= 11 is 8.98. The van der Waals surface area contributed by atoms with Crippen LogP contribution in [0.3, 0.4) is 0 Å². The molecule has 0 bridgehead atoms. The van der Waals surface area contributed by atoms with Crippen molar-refractivity contribution in [1.82, 2.24) is 4.98 Å². The topological polar surface area (TPSA) is 16.1 Å². The van der Waals surface area contributed by atoms with E-state index in [2.05, 4.69) is 20.9 Å². The van der Waals surface area contributed by atoms with E-state index in [1.807, 2.05) is 6.92 Å². The van der Waals surface area contributed by atoms with Crippen molar-refractivity contribution in [2.24, 2.45) is 0 Å². The maximum atomic E-state index is 12.5. The smallest absolute Gasteiger partial charge is 0.347 e. The average molecular weight is 346 g/mol. The van der Waals surface area contributed by atoms with E-state index < -0.39 is 12.7 Å². The van der Waals surface area contributed by atoms with Crippen molar-refractivity contribution in [2.45, 2.75) is 25.4 Å². The van der Waals surface area contributed by atoms with Crippen LogP contribution in [0, 0.1) is 0 Å². The minimum absolute atomic E-state index is 0.125. The van der Waals surface area contributed by atoms with Crippen molar-refractivity contribution in [3.05, 3.63) is 22.3 Å². The number of nitrogens with zero attached hydrogens (tertiary/aromatic N) is 2. The lowest BCUT2D eigenvalue weighted by atomic mass is 10.2. The molecule has 0 radical (unpaired) electrons. The predicted octanol–water partition coefficient (Wildman–Crippen LogP) is 4.36. The molecule has 1 rings (SSSR count). The second kappa shape index (κ2) is 6.61. The highest BCUT2D eigenvalue weighted by atomic mass is 79.9. The van der Waals surface area contributed by atoms with E-state index in [4.69, 9.17) is 11.6 Å². The molecular weight excluding hydrogens is 332 g/mol. The third-order valence-electron chi connectivity index (χ3n) is 2.22. The summed E-state index contributed by atoms with van der Waals surface area (Å²) in [5.74, 6) is 0.423. The molecule has 0 unspecified atom stereocenters. The molecule has 0 aliphatic rings. The van der Waals surface area contributed by atoms with E-state index in [0.29, 0.717) is 22.3 Å². The Hall–Kier alpha value is -0.490. The highest BCUT2D eigenvalue weighted by molar-refractivity contribution is 9.10. The van der Waals surface area contributed by atoms with Gasteiger partial charge in [0, 0.05) is 22.8 Å². The van der Waals surface area contributed by atoms with E-state index >= 15 is 0 Å². The SMILES string of the molecule is CCCN(CC(F)(F)F)c1ncc(Br)cc1CCl. The van der Waals surface area contributed by atoms with Crippen molar-refractivity contribution in [1.29, 1.82) is 0 Å². The zero-order valence-electron chi connectivity index (χ0n) is 9.77. The Morgan fingerprint density at radius 1 is 1.44 bits per heavy atom. The summed E-state index contributed by atoms with van der Waals surface area (Å²) in [7, 11) is 0. The van der Waals surface area contributed by atoms with E-state index in [0.717, 1.165) is 0 Å². The Morgan fingerprint density at radius 2 is 2.11 bits per heavy atom. The second-order valence-electron chi connectivity index (χ2n) is 3.81. The van der Waals surface area contributed by atoms with Gasteiger partial charge in [-0.1, -0.05) is 6.92 Å². The number of halogens is 5. The predicted molar refractivity (Wildman–Crippen MR) is 70.1 cm³/mol. The van der Waals surface area contributed by atoms with Gasteiger partial charge in [0.25, 0.3) is 0 Å². The Bertz CT molecular complexity index is 398. The Kier molecular flexibility index (Phi) is 5.72. The Morgan fingerprint density at radius 3 is 2.61 bits per heavy atom. The molecule has 7 heteroatoms. The summed E-state index contributed by atoms with van der Waals surface area (Å²) in [5.41, 5.74) is 0.587. The maximum Gasteiger partial charge on any atom is 0.405 e. The van der Waals surface area contributed by atoms with E-state index in [-0.39, 0.29) is 12.4 Å². The molecule has 0 saturated heterocycles. The summed E-state index contributed by atoms with van der Waals surface area (Å²) in [6.45, 7) is 1.10. The molecule has 0 aliphatic heterocycles. The molecule has 1 aromatic heterocycles. The molecule has 0 N–H and O–H groups in total. The average Bonchev–Trinajstić information content (AvgIpc) is 2.26. The molecule has 102 valence electrons. The van der Waals surface area contributed by atoms with Crippen LogP contribution in [0.4, 0.5) is 19.0 Å². The molecule has 1 aromatic rings. The summed E-state index contributed by atoms with van der Waals surface area (Å²) in [4.78, 5) is 5.26. The fourth-order valence-electron chi connectivity index (χ4n) is 1.60. The van der Waals surface area contributed by atoms with Gasteiger partial charge in [-0.25, -0.2) is 4.98 Å². The lowest BCUT2D eigenvalue weighted by molar-refractivity contribution is -0.119. The molecule has 0 fully saturated rings. The van der Waals surface area contributed by atoms with Gasteiger partial charge >= 0.3 is 6.18 Å². The second-order valence-corrected chi connectivity index (χ2v) is 4.99. The van der Waals surface area contributed by atoms with Crippen LogP contribution in [0.15, 0.2) is 16.7 Å². The molecule has 0 aromatic carbocycles. The van der Waals surface area contributed by atoms with Gasteiger partial charge in [0.2, 0.25) is 0 Å². The maximum absolute atomic E-state index is 12.5. The Balaban J connectivity index is 3.04. The Labute approximate surface area is 117 Å². The van der Waals surface area contributed by atoms with Crippen molar-refractivity contribution < 1.29 is 13.2 Å². The van der Waals surface area contributed by atoms with Crippen LogP contribution in [-0.4, -0.2) is 24.2 Å². The van der Waals surface area contributed by atoms with Gasteiger partial charge in [-0.15, -0.1) is 11.6 Å². The summed E-state index contributed by atoms with van der Waals surface area (Å²) < 4.78 is 38.3. The first-order valence-corrected chi connectivity index (χ1v) is 6.72. The van der Waals surface area contributed by atoms with Gasteiger partial charge in [-0.05, 0) is 28.4 Å². The number of aromatic nitrogens is 1. The third kappa shape index (κ3) is 4.65. The molecule has 0 saturated carbocycles. The quantitative estimate of drug-likeness (QED) is 0.737. The van der Waals surface area contributed by atoms with E-state index in [1.54, 1.807) is 6.07 Å². The third-order valence-corrected chi connectivity index (χ3v) is 2.94. The number of alkyl halides is 4. The van der Waals surface area contributed by atoms with Crippen molar-refractivity contribution in [2.75, 3.05) is 18.0 Å². The van der Waals surface area contributed by atoms with E-state index in [1.165, 1.54) is 11.1 Å². The van der Waals surface area contributed by atoms with Crippen LogP contribution in [0.25, 0.3) is 0 Å². The first-order valence-electron chi connectivity index (χ1n) is 5.39. The minimum Gasteiger partial charge on any atom is -0.347 e. The van der Waals surface area contributed by atoms with Gasteiger partial charge in [0.1, 0.15) is 12.4 Å². The number of rotatable bonds is 5. The molecule has 0 atom stereocenters. The molecule has 0 spiro atoms. The number of pyridine rings is 1. The van der Waals surface area contributed by atoms with Gasteiger partial charge in [0.05, 0.1) is 5.88 Å². The summed E-state index contributed by atoms with van der Waals surface area (Å²) in [6, 6.07) is 1.69. The number of anilines is 1. The van der Waals surface area contributed by atoms with Crippen LogP contribution in [0.5, 0.6) is 0 Å². The molecule has 0 amide bonds. The van der Waals surface area contributed by atoms with Gasteiger partial charge in [-0.2, -0.15) is 13.2 Å². The van der Waals surface area contributed by atoms with Crippen LogP contribution in [0.1, 0.15) is 18.9 Å². The van der Waals surface area contributed by atoms with Crippen molar-refractivity contribution >= 4 is 33.3 Å². The van der Waals surface area contributed by atoms with Crippen LogP contribution >= 0.6 is 27.5 Å². The van der Waals surface area contributed by atoms with Gasteiger partial charge < -0.3 is 4.90 Å². The molecule has 2 nitrogen and oxygen atoms in total. The molecule has 1 heterocycles. The van der Waals surface area contributed by atoms with E-state index in [9.17, 15) is 13.2 Å². The number of hydrogen-bond acceptors (Lipinski definition) is 2. The van der Waals surface area contributed by atoms with Crippen LogP contribution in [0.2, 0.25) is 0 Å². The zero-order chi connectivity index (χ0) is 13.8. The standard InChI is InChI=1S/C11H13BrClF3N2/c1-2-3-18(7-11(14,15)16)10-8(5-13)4-9(12)6-17-10/h4,6H,2-3,5,7H2,1H3. The van der Waals surface area contributed by atoms with Crippen molar-refractivity contribution in [3.63, 3.8) is 0 Å². The van der Waals surface area contributed by atoms with Crippen LogP contribution in [-0.2, 0) is 5.88 Å². The van der Waals surface area contributed by atoms with Gasteiger partial charge in [-0.3, -0.25) is 0 Å². The first-order chi connectivity index (χ1) is 8.37. The minimum atomic E-state index is -4.26. The fourth-order valence-corrected chi connectivity index (χ4v) is 2.18. The summed E-state index contributed by atoms with van der Waals surface area (Å²) in [6.07, 6.45) is -2.17. The zero-order valence-corrected chi connectivity index (χ0v) is 12.1. The normalized spacial score (nSPS) is 11.7. The van der Waals surface area contributed by atoms with Crippen molar-refractivity contribution in [3.8, 4) is 0 Å². The molecule has 0 aliphatic carbocycles. The molecular formula is C11H13BrClF3N2. The lowest BCUT2D eigenvalue weighted by Crippen LogP contribution is -2.36. The highest BCUT2D eigenvalue weighted by Crippen LogP contribution is 2.26. The summed E-state index contributed by atoms with van der Waals surface area (Å²) in [5, 5.41) is 0. The number of hydrogen-bond donors (Lipinski definition) is 0. The molecule has 18 heavy (non-hydrogen) atoms.